The van der Waals surface area contributed by atoms with Crippen LogP contribution in [0.3, 0.4) is 0 Å². The molecule has 0 radical (unpaired) electrons. The number of ether oxygens (including phenoxy) is 1. The molecule has 0 aliphatic heterocycles. The van der Waals surface area contributed by atoms with E-state index in [1.807, 2.05) is 54.1 Å². The summed E-state index contributed by atoms with van der Waals surface area (Å²) in [5.74, 6) is -0.779. The minimum atomic E-state index is -0.459. The fraction of sp³-hybridized carbons (Fsp3) is 0.211. The van der Waals surface area contributed by atoms with Crippen molar-refractivity contribution in [2.45, 2.75) is 19.9 Å². The van der Waals surface area contributed by atoms with E-state index in [1.165, 1.54) is 11.3 Å². The number of carbonyl (C=O) groups is 2. The summed E-state index contributed by atoms with van der Waals surface area (Å²) in [5.41, 5.74) is 2.80. The lowest BCUT2D eigenvalue weighted by atomic mass is 10.1. The maximum Gasteiger partial charge on any atom is 0.312 e. The van der Waals surface area contributed by atoms with Gasteiger partial charge < -0.3 is 10.1 Å². The van der Waals surface area contributed by atoms with Gasteiger partial charge in [0.15, 0.2) is 6.61 Å². The Morgan fingerprint density at radius 1 is 1.15 bits per heavy atom. The van der Waals surface area contributed by atoms with Crippen LogP contribution in [0, 0.1) is 6.92 Å². The maximum absolute atomic E-state index is 11.9. The van der Waals surface area contributed by atoms with Crippen LogP contribution < -0.4 is 5.32 Å². The number of esters is 1. The molecule has 2 aromatic heterocycles. The lowest BCUT2D eigenvalue weighted by Crippen LogP contribution is -2.28. The number of benzene rings is 1. The van der Waals surface area contributed by atoms with Gasteiger partial charge in [0.05, 0.1) is 17.0 Å². The minimum absolute atomic E-state index is 0.0624. The van der Waals surface area contributed by atoms with Gasteiger partial charge in [0, 0.05) is 11.9 Å². The fourth-order valence-corrected chi connectivity index (χ4v) is 3.93. The Morgan fingerprint density at radius 3 is 2.77 bits per heavy atom. The quantitative estimate of drug-likeness (QED) is 0.630. The third kappa shape index (κ3) is 5.00. The van der Waals surface area contributed by atoms with Gasteiger partial charge in [-0.1, -0.05) is 30.3 Å². The molecule has 7 heteroatoms. The van der Waals surface area contributed by atoms with E-state index in [0.29, 0.717) is 12.2 Å². The standard InChI is InChI=1S/C19H18N2O3S2/c1-13-5-2-3-6-14(13)10-20-17(22)11-24-18(23)9-15-12-26-19(21-15)16-7-4-8-25-16/h2-8,12H,9-11H2,1H3,(H,20,22). The van der Waals surface area contributed by atoms with Crippen LogP contribution in [0.1, 0.15) is 16.8 Å². The van der Waals surface area contributed by atoms with Gasteiger partial charge in [-0.25, -0.2) is 4.98 Å². The topological polar surface area (TPSA) is 68.3 Å². The average molecular weight is 386 g/mol. The van der Waals surface area contributed by atoms with Crippen LogP contribution in [-0.4, -0.2) is 23.5 Å². The summed E-state index contributed by atoms with van der Waals surface area (Å²) in [7, 11) is 0. The van der Waals surface area contributed by atoms with E-state index < -0.39 is 5.97 Å². The van der Waals surface area contributed by atoms with E-state index in [2.05, 4.69) is 10.3 Å². The summed E-state index contributed by atoms with van der Waals surface area (Å²) in [6.45, 7) is 2.12. The van der Waals surface area contributed by atoms with E-state index in [4.69, 9.17) is 4.74 Å². The Bertz CT molecular complexity index is 888. The van der Waals surface area contributed by atoms with E-state index in [1.54, 1.807) is 11.3 Å². The lowest BCUT2D eigenvalue weighted by Gasteiger charge is -2.08. The van der Waals surface area contributed by atoms with Gasteiger partial charge in [-0.3, -0.25) is 9.59 Å². The highest BCUT2D eigenvalue weighted by Gasteiger charge is 2.12. The van der Waals surface area contributed by atoms with Crippen molar-refractivity contribution >= 4 is 34.6 Å². The fourth-order valence-electron chi connectivity index (χ4n) is 2.30. The predicted molar refractivity (Wildman–Crippen MR) is 103 cm³/mol. The van der Waals surface area contributed by atoms with Crippen molar-refractivity contribution in [1.82, 2.24) is 10.3 Å². The van der Waals surface area contributed by atoms with E-state index >= 15 is 0 Å². The zero-order chi connectivity index (χ0) is 18.4. The number of hydrogen-bond donors (Lipinski definition) is 1. The molecule has 3 rings (SSSR count). The Kier molecular flexibility index (Phi) is 6.14. The number of carbonyl (C=O) groups excluding carboxylic acids is 2. The molecule has 0 saturated carbocycles. The van der Waals surface area contributed by atoms with Crippen molar-refractivity contribution in [2.75, 3.05) is 6.61 Å². The Balaban J connectivity index is 1.42. The first-order valence-electron chi connectivity index (χ1n) is 8.07. The third-order valence-corrected chi connectivity index (χ3v) is 5.64. The van der Waals surface area contributed by atoms with Crippen LogP contribution in [0.5, 0.6) is 0 Å². The molecule has 134 valence electrons. The van der Waals surface area contributed by atoms with Crippen molar-refractivity contribution in [3.05, 3.63) is 64.0 Å². The Labute approximate surface area is 159 Å². The summed E-state index contributed by atoms with van der Waals surface area (Å²) in [5, 5.41) is 7.47. The molecule has 2 heterocycles. The van der Waals surface area contributed by atoms with Crippen LogP contribution in [-0.2, 0) is 27.3 Å². The molecule has 1 N–H and O–H groups in total. The van der Waals surface area contributed by atoms with Gasteiger partial charge in [-0.15, -0.1) is 22.7 Å². The monoisotopic (exact) mass is 386 g/mol. The van der Waals surface area contributed by atoms with Crippen LogP contribution in [0.2, 0.25) is 0 Å². The molecular weight excluding hydrogens is 368 g/mol. The second-order valence-electron chi connectivity index (χ2n) is 5.66. The van der Waals surface area contributed by atoms with E-state index in [0.717, 1.165) is 21.0 Å². The van der Waals surface area contributed by atoms with E-state index in [-0.39, 0.29) is 18.9 Å². The molecule has 1 amide bonds. The Hall–Kier alpha value is -2.51. The number of aryl methyl sites for hydroxylation is 1. The second-order valence-corrected chi connectivity index (χ2v) is 7.47. The smallest absolute Gasteiger partial charge is 0.312 e. The number of thiophene rings is 1. The highest BCUT2D eigenvalue weighted by Crippen LogP contribution is 2.27. The molecule has 0 saturated heterocycles. The molecule has 5 nitrogen and oxygen atoms in total. The molecule has 26 heavy (non-hydrogen) atoms. The summed E-state index contributed by atoms with van der Waals surface area (Å²) < 4.78 is 5.04. The third-order valence-electron chi connectivity index (χ3n) is 3.71. The number of nitrogens with zero attached hydrogens (tertiary/aromatic N) is 1. The first-order valence-corrected chi connectivity index (χ1v) is 9.83. The number of rotatable bonds is 7. The van der Waals surface area contributed by atoms with Gasteiger partial charge in [0.2, 0.25) is 0 Å². The van der Waals surface area contributed by atoms with Crippen molar-refractivity contribution in [2.24, 2.45) is 0 Å². The van der Waals surface area contributed by atoms with E-state index in [9.17, 15) is 9.59 Å². The summed E-state index contributed by atoms with van der Waals surface area (Å²) in [6, 6.07) is 11.8. The number of aromatic nitrogens is 1. The summed E-state index contributed by atoms with van der Waals surface area (Å²) in [6.07, 6.45) is 0.0624. The SMILES string of the molecule is Cc1ccccc1CNC(=O)COC(=O)Cc1csc(-c2cccs2)n1. The average Bonchev–Trinajstić information content (AvgIpc) is 3.30. The largest absolute Gasteiger partial charge is 0.455 e. The van der Waals surface area contributed by atoms with Crippen molar-refractivity contribution in [3.8, 4) is 9.88 Å². The summed E-state index contributed by atoms with van der Waals surface area (Å²) in [4.78, 5) is 29.3. The normalized spacial score (nSPS) is 10.5. The molecule has 0 atom stereocenters. The van der Waals surface area contributed by atoms with Gasteiger partial charge in [-0.2, -0.15) is 0 Å². The van der Waals surface area contributed by atoms with Crippen LogP contribution in [0.15, 0.2) is 47.2 Å². The molecule has 3 aromatic rings. The minimum Gasteiger partial charge on any atom is -0.455 e. The zero-order valence-electron chi connectivity index (χ0n) is 14.2. The van der Waals surface area contributed by atoms with Gasteiger partial charge in [0.25, 0.3) is 5.91 Å². The van der Waals surface area contributed by atoms with Gasteiger partial charge in [0.1, 0.15) is 5.01 Å². The molecule has 0 spiro atoms. The maximum atomic E-state index is 11.9. The van der Waals surface area contributed by atoms with Crippen molar-refractivity contribution < 1.29 is 14.3 Å². The number of nitrogens with one attached hydrogen (secondary N) is 1. The zero-order valence-corrected chi connectivity index (χ0v) is 15.9. The highest BCUT2D eigenvalue weighted by atomic mass is 32.1. The van der Waals surface area contributed by atoms with Crippen LogP contribution in [0.4, 0.5) is 0 Å². The highest BCUT2D eigenvalue weighted by molar-refractivity contribution is 7.20. The number of amides is 1. The predicted octanol–water partition coefficient (Wildman–Crippen LogP) is 3.58. The first-order chi connectivity index (χ1) is 12.6. The molecule has 1 aromatic carbocycles. The molecule has 0 unspecified atom stereocenters. The van der Waals surface area contributed by atoms with Crippen LogP contribution in [0.25, 0.3) is 9.88 Å². The molecule has 0 aliphatic carbocycles. The number of thiazole rings is 1. The van der Waals surface area contributed by atoms with Gasteiger partial charge >= 0.3 is 5.97 Å². The molecule has 0 fully saturated rings. The Morgan fingerprint density at radius 2 is 2.00 bits per heavy atom. The summed E-state index contributed by atoms with van der Waals surface area (Å²) >= 11 is 3.10. The molecule has 0 aliphatic rings. The van der Waals surface area contributed by atoms with Crippen molar-refractivity contribution in [3.63, 3.8) is 0 Å². The molecule has 0 bridgehead atoms. The molecular formula is C19H18N2O3S2. The second kappa shape index (κ2) is 8.73. The van der Waals surface area contributed by atoms with Gasteiger partial charge in [-0.05, 0) is 29.5 Å². The lowest BCUT2D eigenvalue weighted by molar-refractivity contribution is -0.147. The van der Waals surface area contributed by atoms with Crippen LogP contribution >= 0.6 is 22.7 Å². The number of hydrogen-bond acceptors (Lipinski definition) is 6. The van der Waals surface area contributed by atoms with Crippen molar-refractivity contribution in [1.29, 1.82) is 0 Å². The first kappa shape index (κ1) is 18.3.